The molecule has 0 spiro atoms. The maximum absolute atomic E-state index is 9.22. The molecule has 0 saturated carbocycles. The second-order valence-electron chi connectivity index (χ2n) is 2.40. The molecular formula is C8H12O2. The molecule has 1 aliphatic heterocycles. The maximum atomic E-state index is 9.22. The largest absolute Gasteiger partial charge is 0.390 e. The Morgan fingerprint density at radius 2 is 2.50 bits per heavy atom. The molecule has 10 heavy (non-hydrogen) atoms. The number of aliphatic hydroxyl groups is 1. The van der Waals surface area contributed by atoms with Crippen molar-refractivity contribution in [2.75, 3.05) is 6.61 Å². The van der Waals surface area contributed by atoms with Crippen molar-refractivity contribution in [3.63, 3.8) is 0 Å². The van der Waals surface area contributed by atoms with Crippen molar-refractivity contribution in [3.05, 3.63) is 0 Å². The van der Waals surface area contributed by atoms with E-state index in [0.29, 0.717) is 0 Å². The summed E-state index contributed by atoms with van der Waals surface area (Å²) in [4.78, 5) is 0. The van der Waals surface area contributed by atoms with E-state index in [1.165, 1.54) is 0 Å². The number of epoxide rings is 1. The Bertz CT molecular complexity index is 150. The first-order chi connectivity index (χ1) is 4.84. The van der Waals surface area contributed by atoms with Crippen LogP contribution in [0.1, 0.15) is 19.8 Å². The minimum Gasteiger partial charge on any atom is -0.390 e. The molecule has 0 aromatic heterocycles. The molecule has 0 bridgehead atoms. The van der Waals surface area contributed by atoms with Crippen LogP contribution in [-0.2, 0) is 4.74 Å². The highest BCUT2D eigenvalue weighted by atomic mass is 16.6. The van der Waals surface area contributed by atoms with Crippen LogP contribution in [0.5, 0.6) is 0 Å². The number of hydrogen-bond donors (Lipinski definition) is 1. The summed E-state index contributed by atoms with van der Waals surface area (Å²) in [6.07, 6.45) is 1.34. The number of ether oxygens (including phenoxy) is 1. The Hall–Kier alpha value is -0.520. The Morgan fingerprint density at radius 1 is 1.80 bits per heavy atom. The van der Waals surface area contributed by atoms with Gasteiger partial charge < -0.3 is 9.84 Å². The van der Waals surface area contributed by atoms with Crippen molar-refractivity contribution in [1.82, 2.24) is 0 Å². The van der Waals surface area contributed by atoms with Gasteiger partial charge in [0.25, 0.3) is 0 Å². The van der Waals surface area contributed by atoms with Crippen molar-refractivity contribution >= 4 is 0 Å². The van der Waals surface area contributed by atoms with Crippen molar-refractivity contribution in [3.8, 4) is 11.8 Å². The first-order valence-electron chi connectivity index (χ1n) is 3.54. The van der Waals surface area contributed by atoms with Gasteiger partial charge in [-0.3, -0.25) is 0 Å². The second kappa shape index (κ2) is 3.60. The molecule has 0 aliphatic carbocycles. The lowest BCUT2D eigenvalue weighted by Gasteiger charge is -2.01. The Morgan fingerprint density at radius 3 is 3.00 bits per heavy atom. The molecule has 0 aromatic rings. The summed E-state index contributed by atoms with van der Waals surface area (Å²) in [5.41, 5.74) is 0. The lowest BCUT2D eigenvalue weighted by atomic mass is 10.1. The molecule has 2 heteroatoms. The van der Waals surface area contributed by atoms with E-state index in [2.05, 4.69) is 11.8 Å². The Labute approximate surface area is 61.2 Å². The molecule has 0 aromatic carbocycles. The van der Waals surface area contributed by atoms with Gasteiger partial charge >= 0.3 is 0 Å². The van der Waals surface area contributed by atoms with E-state index >= 15 is 0 Å². The molecule has 0 amide bonds. The fourth-order valence-corrected chi connectivity index (χ4v) is 0.809. The van der Waals surface area contributed by atoms with E-state index in [4.69, 9.17) is 4.74 Å². The highest BCUT2D eigenvalue weighted by Gasteiger charge is 2.30. The molecule has 2 atom stereocenters. The first kappa shape index (κ1) is 7.59. The molecule has 1 heterocycles. The van der Waals surface area contributed by atoms with Crippen molar-refractivity contribution in [2.24, 2.45) is 0 Å². The standard InChI is InChI=1S/C8H12O2/c1-2-3-4-5-7(9)8-6-10-8/h7-9H,4-6H2,1H3/t7-,8-/m0/s1. The van der Waals surface area contributed by atoms with Crippen molar-refractivity contribution in [2.45, 2.75) is 32.0 Å². The third-order valence-electron chi connectivity index (χ3n) is 1.53. The normalized spacial score (nSPS) is 24.8. The summed E-state index contributed by atoms with van der Waals surface area (Å²) in [6, 6.07) is 0. The fraction of sp³-hybridized carbons (Fsp3) is 0.750. The lowest BCUT2D eigenvalue weighted by molar-refractivity contribution is 0.128. The molecular weight excluding hydrogens is 128 g/mol. The van der Waals surface area contributed by atoms with Gasteiger partial charge in [-0.15, -0.1) is 11.8 Å². The van der Waals surface area contributed by atoms with E-state index in [1.807, 2.05) is 0 Å². The molecule has 1 N–H and O–H groups in total. The zero-order valence-electron chi connectivity index (χ0n) is 6.13. The average molecular weight is 140 g/mol. The maximum Gasteiger partial charge on any atom is 0.107 e. The molecule has 56 valence electrons. The number of aliphatic hydroxyl groups excluding tert-OH is 1. The van der Waals surface area contributed by atoms with Gasteiger partial charge in [-0.1, -0.05) is 0 Å². The summed E-state index contributed by atoms with van der Waals surface area (Å²) >= 11 is 0. The summed E-state index contributed by atoms with van der Waals surface area (Å²) in [6.45, 7) is 2.53. The Kier molecular flexibility index (Phi) is 2.73. The molecule has 2 nitrogen and oxygen atoms in total. The van der Waals surface area contributed by atoms with Gasteiger partial charge in [-0.05, 0) is 13.3 Å². The molecule has 1 saturated heterocycles. The van der Waals surface area contributed by atoms with Crippen LogP contribution >= 0.6 is 0 Å². The molecule has 1 aliphatic rings. The highest BCUT2D eigenvalue weighted by Crippen LogP contribution is 2.16. The van der Waals surface area contributed by atoms with E-state index < -0.39 is 0 Å². The third-order valence-corrected chi connectivity index (χ3v) is 1.53. The fourth-order valence-electron chi connectivity index (χ4n) is 0.809. The predicted octanol–water partition coefficient (Wildman–Crippen LogP) is 0.550. The van der Waals surface area contributed by atoms with Gasteiger partial charge in [-0.25, -0.2) is 0 Å². The summed E-state index contributed by atoms with van der Waals surface area (Å²) in [5.74, 6) is 5.68. The monoisotopic (exact) mass is 140 g/mol. The molecule has 1 rings (SSSR count). The number of rotatable bonds is 3. The Balaban J connectivity index is 2.04. The van der Waals surface area contributed by atoms with Crippen LogP contribution < -0.4 is 0 Å². The van der Waals surface area contributed by atoms with Gasteiger partial charge in [0, 0.05) is 6.42 Å². The van der Waals surface area contributed by atoms with E-state index in [-0.39, 0.29) is 12.2 Å². The van der Waals surface area contributed by atoms with Crippen LogP contribution in [0.4, 0.5) is 0 Å². The number of hydrogen-bond acceptors (Lipinski definition) is 2. The average Bonchev–Trinajstić information content (AvgIpc) is 2.69. The van der Waals surface area contributed by atoms with E-state index in [1.54, 1.807) is 6.92 Å². The van der Waals surface area contributed by atoms with Crippen LogP contribution in [0.3, 0.4) is 0 Å². The molecule has 0 unspecified atom stereocenters. The molecule has 1 fully saturated rings. The van der Waals surface area contributed by atoms with Crippen LogP contribution in [0, 0.1) is 11.8 Å². The smallest absolute Gasteiger partial charge is 0.107 e. The third kappa shape index (κ3) is 2.38. The minimum atomic E-state index is -0.291. The van der Waals surface area contributed by atoms with Crippen LogP contribution in [-0.4, -0.2) is 23.9 Å². The second-order valence-corrected chi connectivity index (χ2v) is 2.40. The highest BCUT2D eigenvalue weighted by molar-refractivity contribution is 4.96. The van der Waals surface area contributed by atoms with Crippen molar-refractivity contribution in [1.29, 1.82) is 0 Å². The van der Waals surface area contributed by atoms with Gasteiger partial charge in [0.2, 0.25) is 0 Å². The van der Waals surface area contributed by atoms with E-state index in [0.717, 1.165) is 19.4 Å². The zero-order valence-corrected chi connectivity index (χ0v) is 6.13. The summed E-state index contributed by atoms with van der Waals surface area (Å²) in [7, 11) is 0. The van der Waals surface area contributed by atoms with Gasteiger partial charge in [0.05, 0.1) is 12.7 Å². The predicted molar refractivity (Wildman–Crippen MR) is 38.4 cm³/mol. The van der Waals surface area contributed by atoms with Crippen LogP contribution in [0.2, 0.25) is 0 Å². The van der Waals surface area contributed by atoms with Crippen LogP contribution in [0.25, 0.3) is 0 Å². The van der Waals surface area contributed by atoms with Gasteiger partial charge in [0.1, 0.15) is 6.10 Å². The summed E-state index contributed by atoms with van der Waals surface area (Å²) in [5, 5.41) is 9.22. The first-order valence-corrected chi connectivity index (χ1v) is 3.54. The van der Waals surface area contributed by atoms with Gasteiger partial charge in [0.15, 0.2) is 0 Å². The zero-order chi connectivity index (χ0) is 7.40. The van der Waals surface area contributed by atoms with Crippen LogP contribution in [0.15, 0.2) is 0 Å². The summed E-state index contributed by atoms with van der Waals surface area (Å²) < 4.78 is 4.90. The quantitative estimate of drug-likeness (QED) is 0.458. The van der Waals surface area contributed by atoms with Gasteiger partial charge in [-0.2, -0.15) is 0 Å². The molecule has 0 radical (unpaired) electrons. The topological polar surface area (TPSA) is 32.8 Å². The minimum absolute atomic E-state index is 0.110. The van der Waals surface area contributed by atoms with Crippen molar-refractivity contribution < 1.29 is 9.84 Å². The van der Waals surface area contributed by atoms with E-state index in [9.17, 15) is 5.11 Å². The SMILES string of the molecule is CC#CCC[C@H](O)[C@@H]1CO1. The lowest BCUT2D eigenvalue weighted by Crippen LogP contribution is -2.13.